The highest BCUT2D eigenvalue weighted by Crippen LogP contribution is 2.15. The van der Waals surface area contributed by atoms with E-state index in [9.17, 15) is 10.0 Å². The average Bonchev–Trinajstić information content (AvgIpc) is 2.56. The van der Waals surface area contributed by atoms with Crippen LogP contribution in [-0.4, -0.2) is 30.6 Å². The van der Waals surface area contributed by atoms with Crippen LogP contribution in [0.2, 0.25) is 0 Å². The predicted molar refractivity (Wildman–Crippen MR) is 83.8 cm³/mol. The van der Waals surface area contributed by atoms with Crippen molar-refractivity contribution in [2.45, 2.75) is 6.92 Å². The maximum absolute atomic E-state index is 12.2. The molecule has 0 amide bonds. The molecule has 22 heavy (non-hydrogen) atoms. The third kappa shape index (κ3) is 3.85. The molecule has 0 saturated carbocycles. The highest BCUT2D eigenvalue weighted by atomic mass is 16.5. The normalized spacial score (nSPS) is 11.1. The smallest absolute Gasteiger partial charge is 0.338 e. The molecule has 2 rings (SSSR count). The summed E-state index contributed by atoms with van der Waals surface area (Å²) in [5, 5.41) is 12.2. The Morgan fingerprint density at radius 2 is 1.95 bits per heavy atom. The van der Waals surface area contributed by atoms with Gasteiger partial charge < -0.3 is 14.7 Å². The zero-order chi connectivity index (χ0) is 15.9. The molecule has 0 atom stereocenters. The molecular weight excluding hydrogens is 282 g/mol. The Hall–Kier alpha value is -2.82. The molecule has 0 aliphatic rings. The molecule has 0 aliphatic heterocycles. The minimum atomic E-state index is -0.442. The highest BCUT2D eigenvalue weighted by molar-refractivity contribution is 5.90. The van der Waals surface area contributed by atoms with E-state index in [1.165, 1.54) is 12.3 Å². The van der Waals surface area contributed by atoms with Gasteiger partial charge in [0.15, 0.2) is 6.21 Å². The molecule has 0 radical (unpaired) electrons. The second-order valence-electron chi connectivity index (χ2n) is 4.50. The Morgan fingerprint density at radius 1 is 1.23 bits per heavy atom. The van der Waals surface area contributed by atoms with Crippen molar-refractivity contribution < 1.29 is 19.0 Å². The quantitative estimate of drug-likeness (QED) is 0.280. The second kappa shape index (κ2) is 7.26. The molecule has 5 nitrogen and oxygen atoms in total. The van der Waals surface area contributed by atoms with E-state index in [2.05, 4.69) is 0 Å². The summed E-state index contributed by atoms with van der Waals surface area (Å²) in [4.78, 5) is 11.7. The SMILES string of the molecule is CCOC(=O)c1cccc(/[N+]([O-])=C/c2ccc(OC)cc2)c1. The van der Waals surface area contributed by atoms with Crippen molar-refractivity contribution >= 4 is 17.9 Å². The summed E-state index contributed by atoms with van der Waals surface area (Å²) in [6, 6.07) is 13.5. The number of nitrogens with zero attached hydrogens (tertiary/aromatic N) is 1. The molecule has 2 aromatic rings. The first-order chi connectivity index (χ1) is 10.6. The van der Waals surface area contributed by atoms with Gasteiger partial charge in [-0.1, -0.05) is 6.07 Å². The number of benzene rings is 2. The molecular formula is C17H17NO4. The lowest BCUT2D eigenvalue weighted by molar-refractivity contribution is -0.354. The lowest BCUT2D eigenvalue weighted by Gasteiger charge is -2.06. The number of hydrogen-bond donors (Lipinski definition) is 0. The van der Waals surface area contributed by atoms with Crippen LogP contribution in [0.25, 0.3) is 0 Å². The maximum Gasteiger partial charge on any atom is 0.338 e. The molecule has 0 spiro atoms. The zero-order valence-electron chi connectivity index (χ0n) is 12.5. The molecule has 0 aromatic heterocycles. The van der Waals surface area contributed by atoms with E-state index in [0.29, 0.717) is 22.6 Å². The van der Waals surface area contributed by atoms with Crippen LogP contribution in [-0.2, 0) is 4.74 Å². The van der Waals surface area contributed by atoms with Gasteiger partial charge in [0.2, 0.25) is 5.69 Å². The van der Waals surface area contributed by atoms with Crippen LogP contribution >= 0.6 is 0 Å². The van der Waals surface area contributed by atoms with E-state index in [0.717, 1.165) is 11.3 Å². The largest absolute Gasteiger partial charge is 0.618 e. The Morgan fingerprint density at radius 3 is 2.59 bits per heavy atom. The van der Waals surface area contributed by atoms with E-state index >= 15 is 0 Å². The number of methoxy groups -OCH3 is 1. The molecule has 0 fully saturated rings. The fraction of sp³-hybridized carbons (Fsp3) is 0.176. The number of esters is 1. The van der Waals surface area contributed by atoms with Gasteiger partial charge >= 0.3 is 5.97 Å². The first kappa shape index (κ1) is 15.6. The molecule has 2 aromatic carbocycles. The number of hydrogen-bond acceptors (Lipinski definition) is 4. The Labute approximate surface area is 129 Å². The number of ether oxygens (including phenoxy) is 2. The molecule has 0 aliphatic carbocycles. The van der Waals surface area contributed by atoms with Gasteiger partial charge in [-0.15, -0.1) is 0 Å². The Balaban J connectivity index is 2.24. The summed E-state index contributed by atoms with van der Waals surface area (Å²) in [5.74, 6) is 0.279. The lowest BCUT2D eigenvalue weighted by atomic mass is 10.2. The van der Waals surface area contributed by atoms with Crippen LogP contribution in [0.4, 0.5) is 5.69 Å². The van der Waals surface area contributed by atoms with Crippen molar-refractivity contribution in [3.63, 3.8) is 0 Å². The van der Waals surface area contributed by atoms with E-state index in [4.69, 9.17) is 9.47 Å². The van der Waals surface area contributed by atoms with E-state index < -0.39 is 5.97 Å². The summed E-state index contributed by atoms with van der Waals surface area (Å²) in [6.45, 7) is 2.03. The molecule has 0 bridgehead atoms. The predicted octanol–water partition coefficient (Wildman–Crippen LogP) is 3.13. The van der Waals surface area contributed by atoms with Gasteiger partial charge in [0.1, 0.15) is 5.75 Å². The lowest BCUT2D eigenvalue weighted by Crippen LogP contribution is -2.06. The Kier molecular flexibility index (Phi) is 5.14. The summed E-state index contributed by atoms with van der Waals surface area (Å²) in [6.07, 6.45) is 1.43. The second-order valence-corrected chi connectivity index (χ2v) is 4.50. The van der Waals surface area contributed by atoms with Crippen molar-refractivity contribution in [1.82, 2.24) is 0 Å². The van der Waals surface area contributed by atoms with Gasteiger partial charge in [-0.25, -0.2) is 4.79 Å². The molecule has 0 unspecified atom stereocenters. The monoisotopic (exact) mass is 299 g/mol. The van der Waals surface area contributed by atoms with Crippen LogP contribution in [0.1, 0.15) is 22.8 Å². The summed E-state index contributed by atoms with van der Waals surface area (Å²) in [7, 11) is 1.58. The minimum Gasteiger partial charge on any atom is -0.618 e. The third-order valence-corrected chi connectivity index (χ3v) is 2.99. The van der Waals surface area contributed by atoms with Crippen molar-refractivity contribution in [1.29, 1.82) is 0 Å². The fourth-order valence-corrected chi connectivity index (χ4v) is 1.88. The number of rotatable bonds is 5. The van der Waals surface area contributed by atoms with Crippen molar-refractivity contribution in [2.24, 2.45) is 0 Å². The number of carbonyl (C=O) groups is 1. The summed E-state index contributed by atoms with van der Waals surface area (Å²) in [5.41, 5.74) is 1.45. The van der Waals surface area contributed by atoms with Gasteiger partial charge in [-0.2, -0.15) is 4.74 Å². The van der Waals surface area contributed by atoms with Gasteiger partial charge in [0.25, 0.3) is 0 Å². The average molecular weight is 299 g/mol. The zero-order valence-corrected chi connectivity index (χ0v) is 12.5. The molecule has 0 heterocycles. The first-order valence-electron chi connectivity index (χ1n) is 6.86. The Bertz CT molecular complexity index is 677. The van der Waals surface area contributed by atoms with Crippen LogP contribution < -0.4 is 4.74 Å². The van der Waals surface area contributed by atoms with E-state index in [-0.39, 0.29) is 0 Å². The maximum atomic E-state index is 12.2. The van der Waals surface area contributed by atoms with Crippen molar-refractivity contribution in [2.75, 3.05) is 13.7 Å². The van der Waals surface area contributed by atoms with Crippen molar-refractivity contribution in [3.05, 3.63) is 64.9 Å². The molecule has 0 N–H and O–H groups in total. The first-order valence-corrected chi connectivity index (χ1v) is 6.86. The van der Waals surface area contributed by atoms with Crippen LogP contribution in [0, 0.1) is 5.21 Å². The topological polar surface area (TPSA) is 61.6 Å². The van der Waals surface area contributed by atoms with Crippen LogP contribution in [0.5, 0.6) is 5.75 Å². The van der Waals surface area contributed by atoms with Crippen molar-refractivity contribution in [3.8, 4) is 5.75 Å². The van der Waals surface area contributed by atoms with E-state index in [1.54, 1.807) is 56.5 Å². The number of carbonyl (C=O) groups excluding carboxylic acids is 1. The van der Waals surface area contributed by atoms with E-state index in [1.807, 2.05) is 0 Å². The third-order valence-electron chi connectivity index (χ3n) is 2.99. The van der Waals surface area contributed by atoms with Gasteiger partial charge in [-0.3, -0.25) is 0 Å². The fourth-order valence-electron chi connectivity index (χ4n) is 1.88. The van der Waals surface area contributed by atoms with Gasteiger partial charge in [-0.05, 0) is 37.3 Å². The van der Waals surface area contributed by atoms with Gasteiger partial charge in [0, 0.05) is 17.7 Å². The molecule has 0 saturated heterocycles. The van der Waals surface area contributed by atoms with Crippen LogP contribution in [0.15, 0.2) is 48.5 Å². The summed E-state index contributed by atoms with van der Waals surface area (Å²) < 4.78 is 10.7. The minimum absolute atomic E-state index is 0.294. The standard InChI is InChI=1S/C17H17NO4/c1-3-22-17(19)14-5-4-6-15(11-14)18(20)12-13-7-9-16(21-2)10-8-13/h4-12H,3H2,1-2H3/b18-12-. The molecule has 114 valence electrons. The highest BCUT2D eigenvalue weighted by Gasteiger charge is 2.10. The summed E-state index contributed by atoms with van der Waals surface area (Å²) >= 11 is 0. The van der Waals surface area contributed by atoms with Gasteiger partial charge in [0.05, 0.1) is 19.3 Å². The van der Waals surface area contributed by atoms with Crippen LogP contribution in [0.3, 0.4) is 0 Å². The molecule has 5 heteroatoms.